The molecule has 0 bridgehead atoms. The summed E-state index contributed by atoms with van der Waals surface area (Å²) in [5, 5.41) is 16.7. The first-order valence-electron chi connectivity index (χ1n) is 7.31. The molecular weight excluding hydrogens is 282 g/mol. The topological polar surface area (TPSA) is 48.6 Å². The fraction of sp³-hybridized carbons (Fsp3) is 0.500. The Hall–Kier alpha value is -1.67. The van der Waals surface area contributed by atoms with Crippen LogP contribution in [0.1, 0.15) is 49.8 Å². The minimum Gasteiger partial charge on any atom is -0.361 e. The first-order valence-corrected chi connectivity index (χ1v) is 8.19. The maximum Gasteiger partial charge on any atom is 0.163 e. The molecule has 21 heavy (non-hydrogen) atoms. The van der Waals surface area contributed by atoms with Gasteiger partial charge in [0.15, 0.2) is 5.75 Å². The first kappa shape index (κ1) is 15.7. The lowest BCUT2D eigenvalue weighted by Crippen LogP contribution is -2.28. The molecule has 2 rings (SSSR count). The predicted molar refractivity (Wildman–Crippen MR) is 87.1 cm³/mol. The third-order valence-corrected chi connectivity index (χ3v) is 4.66. The van der Waals surface area contributed by atoms with E-state index in [1.165, 1.54) is 0 Å². The van der Waals surface area contributed by atoms with Crippen LogP contribution in [0.2, 0.25) is 0 Å². The Kier molecular flexibility index (Phi) is 5.13. The average molecular weight is 303 g/mol. The van der Waals surface area contributed by atoms with Gasteiger partial charge in [-0.3, -0.25) is 0 Å². The number of nitrogens with zero attached hydrogens (tertiary/aromatic N) is 3. The van der Waals surface area contributed by atoms with Crippen LogP contribution in [0.25, 0.3) is 0 Å². The Morgan fingerprint density at radius 3 is 2.52 bits per heavy atom. The van der Waals surface area contributed by atoms with Gasteiger partial charge in [0.2, 0.25) is 0 Å². The van der Waals surface area contributed by atoms with Crippen molar-refractivity contribution in [1.29, 1.82) is 5.26 Å². The number of benzene rings is 1. The molecule has 1 unspecified atom stereocenters. The second kappa shape index (κ2) is 6.86. The van der Waals surface area contributed by atoms with Crippen LogP contribution in [0.5, 0.6) is 5.75 Å². The normalized spacial score (nSPS) is 17.6. The van der Waals surface area contributed by atoms with Crippen LogP contribution in [0, 0.1) is 25.2 Å². The van der Waals surface area contributed by atoms with Gasteiger partial charge in [0.25, 0.3) is 0 Å². The number of aryl methyl sites for hydroxylation is 2. The van der Waals surface area contributed by atoms with Crippen LogP contribution < -0.4 is 4.84 Å². The van der Waals surface area contributed by atoms with Gasteiger partial charge in [0.05, 0.1) is 16.7 Å². The maximum atomic E-state index is 9.01. The molecule has 1 aliphatic rings. The molecule has 0 amide bonds. The van der Waals surface area contributed by atoms with Gasteiger partial charge in [-0.15, -0.1) is 10.3 Å². The monoisotopic (exact) mass is 303 g/mol. The Bertz CT molecular complexity index is 569. The van der Waals surface area contributed by atoms with Gasteiger partial charge in [-0.1, -0.05) is 25.6 Å². The van der Waals surface area contributed by atoms with E-state index in [1.54, 1.807) is 16.9 Å². The largest absolute Gasteiger partial charge is 0.361 e. The molecule has 1 aliphatic heterocycles. The van der Waals surface area contributed by atoms with E-state index in [-0.39, 0.29) is 5.37 Å². The van der Waals surface area contributed by atoms with Gasteiger partial charge in [-0.2, -0.15) is 5.26 Å². The molecule has 0 saturated heterocycles. The molecule has 1 heterocycles. The Morgan fingerprint density at radius 1 is 1.33 bits per heavy atom. The summed E-state index contributed by atoms with van der Waals surface area (Å²) in [7, 11) is 0. The van der Waals surface area contributed by atoms with Crippen LogP contribution in [-0.2, 0) is 0 Å². The van der Waals surface area contributed by atoms with E-state index in [0.29, 0.717) is 5.56 Å². The summed E-state index contributed by atoms with van der Waals surface area (Å²) in [5.41, 5.74) is 2.59. The standard InChI is InChI=1S/C16H21N3OS/c1-5-7-14-18-19(15(6-2)21-14)20-16-11(3)8-13(10-17)9-12(16)4/h8-9,15H,5-7H2,1-4H3. The van der Waals surface area contributed by atoms with Gasteiger partial charge in [0, 0.05) is 0 Å². The highest BCUT2D eigenvalue weighted by Gasteiger charge is 2.28. The average Bonchev–Trinajstić information content (AvgIpc) is 2.85. The molecule has 0 radical (unpaired) electrons. The quantitative estimate of drug-likeness (QED) is 0.810. The Morgan fingerprint density at radius 2 is 2.00 bits per heavy atom. The van der Waals surface area contributed by atoms with Crippen molar-refractivity contribution in [1.82, 2.24) is 5.17 Å². The van der Waals surface area contributed by atoms with E-state index in [9.17, 15) is 0 Å². The summed E-state index contributed by atoms with van der Waals surface area (Å²) in [6.45, 7) is 8.22. The van der Waals surface area contributed by atoms with E-state index in [1.807, 2.05) is 26.0 Å². The molecule has 0 N–H and O–H groups in total. The molecule has 112 valence electrons. The highest BCUT2D eigenvalue weighted by atomic mass is 32.2. The fourth-order valence-electron chi connectivity index (χ4n) is 2.29. The Labute approximate surface area is 130 Å². The first-order chi connectivity index (χ1) is 10.1. The second-order valence-electron chi connectivity index (χ2n) is 5.17. The fourth-order valence-corrected chi connectivity index (χ4v) is 3.40. The number of hydrogen-bond donors (Lipinski definition) is 0. The summed E-state index contributed by atoms with van der Waals surface area (Å²) < 4.78 is 0. The number of hydrazone groups is 1. The van der Waals surface area contributed by atoms with E-state index < -0.39 is 0 Å². The van der Waals surface area contributed by atoms with Crippen LogP contribution in [0.15, 0.2) is 17.2 Å². The number of hydroxylamine groups is 1. The van der Waals surface area contributed by atoms with Crippen molar-refractivity contribution in [3.8, 4) is 11.8 Å². The number of hydrogen-bond acceptors (Lipinski definition) is 5. The van der Waals surface area contributed by atoms with Crippen molar-refractivity contribution in [2.24, 2.45) is 5.10 Å². The highest BCUT2D eigenvalue weighted by molar-refractivity contribution is 8.14. The number of nitriles is 1. The molecular formula is C16H21N3OS. The van der Waals surface area contributed by atoms with Crippen molar-refractivity contribution in [2.45, 2.75) is 52.3 Å². The van der Waals surface area contributed by atoms with Gasteiger partial charge in [-0.25, -0.2) is 0 Å². The zero-order chi connectivity index (χ0) is 15.4. The van der Waals surface area contributed by atoms with Crippen molar-refractivity contribution in [3.63, 3.8) is 0 Å². The molecule has 0 saturated carbocycles. The number of rotatable bonds is 5. The molecule has 1 aromatic rings. The van der Waals surface area contributed by atoms with Crippen LogP contribution in [0.3, 0.4) is 0 Å². The van der Waals surface area contributed by atoms with Gasteiger partial charge >= 0.3 is 0 Å². The molecule has 5 heteroatoms. The molecule has 0 spiro atoms. The SMILES string of the molecule is CCCC1=NN(Oc2c(C)cc(C#N)cc2C)C(CC)S1. The molecule has 4 nitrogen and oxygen atoms in total. The molecule has 1 aromatic carbocycles. The van der Waals surface area contributed by atoms with Crippen LogP contribution >= 0.6 is 11.8 Å². The summed E-state index contributed by atoms with van der Waals surface area (Å²) in [6.07, 6.45) is 3.05. The third kappa shape index (κ3) is 3.51. The van der Waals surface area contributed by atoms with Crippen molar-refractivity contribution in [3.05, 3.63) is 28.8 Å². The molecule has 1 atom stereocenters. The van der Waals surface area contributed by atoms with Gasteiger partial charge in [-0.05, 0) is 56.4 Å². The zero-order valence-electron chi connectivity index (χ0n) is 13.0. The lowest BCUT2D eigenvalue weighted by atomic mass is 10.1. The van der Waals surface area contributed by atoms with Gasteiger partial charge in [0.1, 0.15) is 5.37 Å². The lowest BCUT2D eigenvalue weighted by Gasteiger charge is -2.23. The van der Waals surface area contributed by atoms with E-state index in [2.05, 4.69) is 25.0 Å². The number of thioether (sulfide) groups is 1. The van der Waals surface area contributed by atoms with Gasteiger partial charge < -0.3 is 4.84 Å². The third-order valence-electron chi connectivity index (χ3n) is 3.32. The lowest BCUT2D eigenvalue weighted by molar-refractivity contribution is -0.0661. The van der Waals surface area contributed by atoms with E-state index in [0.717, 1.165) is 41.2 Å². The van der Waals surface area contributed by atoms with Crippen LogP contribution in [-0.4, -0.2) is 15.6 Å². The van der Waals surface area contributed by atoms with E-state index >= 15 is 0 Å². The van der Waals surface area contributed by atoms with Crippen molar-refractivity contribution >= 4 is 16.8 Å². The van der Waals surface area contributed by atoms with Crippen LogP contribution in [0.4, 0.5) is 0 Å². The van der Waals surface area contributed by atoms with Crippen molar-refractivity contribution < 1.29 is 4.84 Å². The zero-order valence-corrected chi connectivity index (χ0v) is 13.8. The second-order valence-corrected chi connectivity index (χ2v) is 6.42. The molecule has 0 aliphatic carbocycles. The smallest absolute Gasteiger partial charge is 0.163 e. The molecule has 0 fully saturated rings. The van der Waals surface area contributed by atoms with E-state index in [4.69, 9.17) is 10.1 Å². The Balaban J connectivity index is 2.23. The maximum absolute atomic E-state index is 9.01. The summed E-state index contributed by atoms with van der Waals surface area (Å²) in [6, 6.07) is 5.87. The van der Waals surface area contributed by atoms with Crippen molar-refractivity contribution in [2.75, 3.05) is 0 Å². The highest BCUT2D eigenvalue weighted by Crippen LogP contribution is 2.33. The summed E-state index contributed by atoms with van der Waals surface area (Å²) >= 11 is 1.78. The minimum absolute atomic E-state index is 0.223. The summed E-state index contributed by atoms with van der Waals surface area (Å²) in [4.78, 5) is 6.03. The molecule has 0 aromatic heterocycles. The minimum atomic E-state index is 0.223. The summed E-state index contributed by atoms with van der Waals surface area (Å²) in [5.74, 6) is 0.801. The predicted octanol–water partition coefficient (Wildman–Crippen LogP) is 4.37.